The third-order valence-electron chi connectivity index (χ3n) is 2.53. The van der Waals surface area contributed by atoms with Gasteiger partial charge in [-0.2, -0.15) is 0 Å². The lowest BCUT2D eigenvalue weighted by Gasteiger charge is -2.31. The summed E-state index contributed by atoms with van der Waals surface area (Å²) in [5.74, 6) is 1.32. The van der Waals surface area contributed by atoms with Gasteiger partial charge in [0.25, 0.3) is 0 Å². The highest BCUT2D eigenvalue weighted by atomic mass is 35.5. The Hall–Kier alpha value is 0.210. The lowest BCUT2D eigenvalue weighted by Crippen LogP contribution is -2.42. The molecule has 2 nitrogen and oxygen atoms in total. The van der Waals surface area contributed by atoms with Crippen LogP contribution in [0.4, 0.5) is 0 Å². The highest BCUT2D eigenvalue weighted by molar-refractivity contribution is 6.17. The summed E-state index contributed by atoms with van der Waals surface area (Å²) in [5, 5.41) is 3.52. The molecule has 0 amide bonds. The fraction of sp³-hybridized carbons (Fsp3) is 1.00. The van der Waals surface area contributed by atoms with Gasteiger partial charge in [-0.25, -0.2) is 0 Å². The van der Waals surface area contributed by atoms with E-state index in [1.807, 2.05) is 0 Å². The standard InChI is InChI=1S/C13H28ClNO/c1-11(2)10-16-9-8-15-12(6-7-14)13(3,4)5/h11-12,15H,6-10H2,1-5H3. The normalized spacial score (nSPS) is 14.4. The molecule has 0 heterocycles. The van der Waals surface area contributed by atoms with Gasteiger partial charge in [0, 0.05) is 25.1 Å². The van der Waals surface area contributed by atoms with Gasteiger partial charge < -0.3 is 10.1 Å². The van der Waals surface area contributed by atoms with Crippen molar-refractivity contribution in [2.75, 3.05) is 25.6 Å². The number of rotatable bonds is 8. The van der Waals surface area contributed by atoms with Crippen molar-refractivity contribution >= 4 is 11.6 Å². The molecule has 16 heavy (non-hydrogen) atoms. The van der Waals surface area contributed by atoms with Crippen LogP contribution in [0.5, 0.6) is 0 Å². The Morgan fingerprint density at radius 2 is 1.88 bits per heavy atom. The minimum Gasteiger partial charge on any atom is -0.380 e. The first kappa shape index (κ1) is 16.2. The van der Waals surface area contributed by atoms with Crippen molar-refractivity contribution in [2.24, 2.45) is 11.3 Å². The van der Waals surface area contributed by atoms with E-state index >= 15 is 0 Å². The molecule has 0 aromatic heterocycles. The van der Waals surface area contributed by atoms with Gasteiger partial charge >= 0.3 is 0 Å². The zero-order chi connectivity index (χ0) is 12.6. The topological polar surface area (TPSA) is 21.3 Å². The van der Waals surface area contributed by atoms with E-state index in [1.54, 1.807) is 0 Å². The smallest absolute Gasteiger partial charge is 0.0591 e. The van der Waals surface area contributed by atoms with Gasteiger partial charge in [-0.1, -0.05) is 34.6 Å². The summed E-state index contributed by atoms with van der Waals surface area (Å²) in [6.07, 6.45) is 1.01. The molecule has 0 rings (SSSR count). The molecule has 3 heteroatoms. The van der Waals surface area contributed by atoms with Crippen LogP contribution in [0.25, 0.3) is 0 Å². The molecule has 0 aromatic carbocycles. The second-order valence-corrected chi connectivity index (χ2v) is 6.20. The summed E-state index contributed by atoms with van der Waals surface area (Å²) >= 11 is 5.81. The van der Waals surface area contributed by atoms with Crippen LogP contribution in [0.2, 0.25) is 0 Å². The summed E-state index contributed by atoms with van der Waals surface area (Å²) in [4.78, 5) is 0. The zero-order valence-electron chi connectivity index (χ0n) is 11.5. The summed E-state index contributed by atoms with van der Waals surface area (Å²) in [6.45, 7) is 13.6. The number of nitrogens with one attached hydrogen (secondary N) is 1. The van der Waals surface area contributed by atoms with Crippen molar-refractivity contribution in [3.63, 3.8) is 0 Å². The first-order valence-corrected chi connectivity index (χ1v) is 6.78. The quantitative estimate of drug-likeness (QED) is 0.527. The molecule has 0 fully saturated rings. The average Bonchev–Trinajstić information content (AvgIpc) is 2.13. The largest absolute Gasteiger partial charge is 0.380 e. The van der Waals surface area contributed by atoms with Gasteiger partial charge in [0.1, 0.15) is 0 Å². The van der Waals surface area contributed by atoms with Gasteiger partial charge in [0.05, 0.1) is 6.61 Å². The molecule has 1 atom stereocenters. The molecule has 0 saturated heterocycles. The molecule has 0 spiro atoms. The van der Waals surface area contributed by atoms with Crippen molar-refractivity contribution in [1.82, 2.24) is 5.32 Å². The predicted octanol–water partition coefficient (Wildman–Crippen LogP) is 3.29. The number of hydrogen-bond acceptors (Lipinski definition) is 2. The summed E-state index contributed by atoms with van der Waals surface area (Å²) in [6, 6.07) is 0.465. The van der Waals surface area contributed by atoms with Crippen LogP contribution in [0.15, 0.2) is 0 Å². The molecule has 0 aromatic rings. The lowest BCUT2D eigenvalue weighted by atomic mass is 9.85. The Morgan fingerprint density at radius 3 is 2.31 bits per heavy atom. The Balaban J connectivity index is 3.69. The van der Waals surface area contributed by atoms with Gasteiger partial charge in [-0.05, 0) is 17.8 Å². The van der Waals surface area contributed by atoms with E-state index < -0.39 is 0 Å². The molecule has 0 radical (unpaired) electrons. The van der Waals surface area contributed by atoms with Crippen LogP contribution < -0.4 is 5.32 Å². The molecule has 0 aliphatic carbocycles. The Kier molecular flexibility index (Phi) is 8.43. The second-order valence-electron chi connectivity index (χ2n) is 5.82. The molecule has 0 aliphatic heterocycles. The van der Waals surface area contributed by atoms with Gasteiger partial charge in [-0.15, -0.1) is 11.6 Å². The molecular formula is C13H28ClNO. The van der Waals surface area contributed by atoms with Crippen molar-refractivity contribution in [1.29, 1.82) is 0 Å². The number of halogens is 1. The summed E-state index contributed by atoms with van der Waals surface area (Å²) in [5.41, 5.74) is 0.257. The van der Waals surface area contributed by atoms with E-state index in [9.17, 15) is 0 Å². The van der Waals surface area contributed by atoms with E-state index in [4.69, 9.17) is 16.3 Å². The van der Waals surface area contributed by atoms with Crippen LogP contribution in [-0.2, 0) is 4.74 Å². The number of alkyl halides is 1. The van der Waals surface area contributed by atoms with Crippen molar-refractivity contribution < 1.29 is 4.74 Å². The van der Waals surface area contributed by atoms with Crippen LogP contribution in [0, 0.1) is 11.3 Å². The van der Waals surface area contributed by atoms with Crippen LogP contribution in [-0.4, -0.2) is 31.7 Å². The SMILES string of the molecule is CC(C)COCCNC(CCCl)C(C)(C)C. The maximum absolute atomic E-state index is 5.81. The fourth-order valence-corrected chi connectivity index (χ4v) is 1.79. The van der Waals surface area contributed by atoms with E-state index in [-0.39, 0.29) is 5.41 Å². The highest BCUT2D eigenvalue weighted by Crippen LogP contribution is 2.21. The Labute approximate surface area is 106 Å². The van der Waals surface area contributed by atoms with Gasteiger partial charge in [0.2, 0.25) is 0 Å². The predicted molar refractivity (Wildman–Crippen MR) is 72.2 cm³/mol. The first-order valence-electron chi connectivity index (χ1n) is 6.25. The van der Waals surface area contributed by atoms with Crippen molar-refractivity contribution in [3.05, 3.63) is 0 Å². The summed E-state index contributed by atoms with van der Waals surface area (Å²) < 4.78 is 5.54. The number of hydrogen-bond donors (Lipinski definition) is 1. The van der Waals surface area contributed by atoms with Gasteiger partial charge in [0.15, 0.2) is 0 Å². The number of ether oxygens (including phenoxy) is 1. The minimum absolute atomic E-state index is 0.257. The molecular weight excluding hydrogens is 222 g/mol. The first-order chi connectivity index (χ1) is 7.38. The van der Waals surface area contributed by atoms with Crippen LogP contribution >= 0.6 is 11.6 Å². The third-order valence-corrected chi connectivity index (χ3v) is 2.75. The van der Waals surface area contributed by atoms with Gasteiger partial charge in [-0.3, -0.25) is 0 Å². The minimum atomic E-state index is 0.257. The van der Waals surface area contributed by atoms with Crippen molar-refractivity contribution in [3.8, 4) is 0 Å². The second kappa shape index (κ2) is 8.32. The van der Waals surface area contributed by atoms with E-state index in [2.05, 4.69) is 39.9 Å². The zero-order valence-corrected chi connectivity index (χ0v) is 12.2. The Bertz CT molecular complexity index is 166. The molecule has 1 unspecified atom stereocenters. The molecule has 0 bridgehead atoms. The maximum atomic E-state index is 5.81. The molecule has 0 saturated carbocycles. The maximum Gasteiger partial charge on any atom is 0.0591 e. The molecule has 1 N–H and O–H groups in total. The van der Waals surface area contributed by atoms with Crippen LogP contribution in [0.1, 0.15) is 41.0 Å². The fourth-order valence-electron chi connectivity index (χ4n) is 1.57. The third kappa shape index (κ3) is 8.37. The van der Waals surface area contributed by atoms with E-state index in [0.717, 1.165) is 26.2 Å². The van der Waals surface area contributed by atoms with E-state index in [1.165, 1.54) is 0 Å². The highest BCUT2D eigenvalue weighted by Gasteiger charge is 2.22. The Morgan fingerprint density at radius 1 is 1.25 bits per heavy atom. The molecule has 98 valence electrons. The van der Waals surface area contributed by atoms with Crippen molar-refractivity contribution in [2.45, 2.75) is 47.1 Å². The average molecular weight is 250 g/mol. The van der Waals surface area contributed by atoms with E-state index in [0.29, 0.717) is 17.8 Å². The van der Waals surface area contributed by atoms with Crippen LogP contribution in [0.3, 0.4) is 0 Å². The molecule has 0 aliphatic rings. The summed E-state index contributed by atoms with van der Waals surface area (Å²) in [7, 11) is 0. The lowest BCUT2D eigenvalue weighted by molar-refractivity contribution is 0.105. The monoisotopic (exact) mass is 249 g/mol.